The quantitative estimate of drug-likeness (QED) is 0.709. The van der Waals surface area contributed by atoms with Gasteiger partial charge in [0.2, 0.25) is 5.95 Å². The molecule has 0 saturated heterocycles. The molecule has 0 unspecified atom stereocenters. The number of rotatable bonds is 3. The minimum atomic E-state index is -0.435. The first-order valence-corrected chi connectivity index (χ1v) is 5.51. The lowest BCUT2D eigenvalue weighted by molar-refractivity contribution is 0.585. The van der Waals surface area contributed by atoms with Crippen LogP contribution in [0.25, 0.3) is 11.3 Å². The van der Waals surface area contributed by atoms with Gasteiger partial charge in [0, 0.05) is 5.56 Å². The first-order valence-electron chi connectivity index (χ1n) is 5.51. The lowest BCUT2D eigenvalue weighted by Crippen LogP contribution is -1.88. The van der Waals surface area contributed by atoms with E-state index in [2.05, 4.69) is 24.0 Å². The fourth-order valence-corrected chi connectivity index (χ4v) is 1.70. The largest absolute Gasteiger partial charge is 0.220 e. The second kappa shape index (κ2) is 4.88. The van der Waals surface area contributed by atoms with Gasteiger partial charge in [0.05, 0.1) is 5.69 Å². The monoisotopic (exact) mass is 215 g/mol. The maximum atomic E-state index is 12.9. The van der Waals surface area contributed by atoms with Crippen molar-refractivity contribution < 1.29 is 4.39 Å². The van der Waals surface area contributed by atoms with E-state index in [1.54, 1.807) is 6.07 Å². The average molecular weight is 215 g/mol. The fourth-order valence-electron chi connectivity index (χ4n) is 1.70. The van der Waals surface area contributed by atoms with Crippen molar-refractivity contribution in [3.05, 3.63) is 54.0 Å². The lowest BCUT2D eigenvalue weighted by atomic mass is 10.1. The minimum Gasteiger partial charge on any atom is -0.220 e. The van der Waals surface area contributed by atoms with E-state index < -0.39 is 5.95 Å². The van der Waals surface area contributed by atoms with Gasteiger partial charge in [0.1, 0.15) is 0 Å². The van der Waals surface area contributed by atoms with Gasteiger partial charge in [-0.3, -0.25) is 0 Å². The molecule has 2 heteroatoms. The van der Waals surface area contributed by atoms with Crippen molar-refractivity contribution in [2.75, 3.05) is 0 Å². The van der Waals surface area contributed by atoms with Crippen LogP contribution in [0.2, 0.25) is 0 Å². The molecular formula is C14H14FN. The summed E-state index contributed by atoms with van der Waals surface area (Å²) in [4.78, 5) is 3.85. The first-order chi connectivity index (χ1) is 7.79. The molecule has 82 valence electrons. The SMILES string of the molecule is CCCc1ccc(-c2cccc(F)n2)cc1. The van der Waals surface area contributed by atoms with Crippen LogP contribution in [0.4, 0.5) is 4.39 Å². The van der Waals surface area contributed by atoms with Crippen LogP contribution >= 0.6 is 0 Å². The van der Waals surface area contributed by atoms with Crippen molar-refractivity contribution in [3.8, 4) is 11.3 Å². The summed E-state index contributed by atoms with van der Waals surface area (Å²) in [5.74, 6) is -0.435. The van der Waals surface area contributed by atoms with Gasteiger partial charge in [-0.05, 0) is 24.1 Å². The normalized spacial score (nSPS) is 10.4. The fraction of sp³-hybridized carbons (Fsp3) is 0.214. The van der Waals surface area contributed by atoms with E-state index in [0.717, 1.165) is 18.4 Å². The minimum absolute atomic E-state index is 0.435. The summed E-state index contributed by atoms with van der Waals surface area (Å²) < 4.78 is 12.9. The zero-order chi connectivity index (χ0) is 11.4. The third-order valence-corrected chi connectivity index (χ3v) is 2.50. The molecule has 1 aromatic heterocycles. The smallest absolute Gasteiger partial charge is 0.213 e. The van der Waals surface area contributed by atoms with E-state index in [0.29, 0.717) is 5.69 Å². The van der Waals surface area contributed by atoms with Gasteiger partial charge < -0.3 is 0 Å². The molecule has 1 aromatic carbocycles. The Labute approximate surface area is 95.0 Å². The molecule has 0 spiro atoms. The average Bonchev–Trinajstić information content (AvgIpc) is 2.30. The summed E-state index contributed by atoms with van der Waals surface area (Å²) in [6.45, 7) is 2.15. The molecule has 2 aromatic rings. The van der Waals surface area contributed by atoms with Crippen molar-refractivity contribution in [3.63, 3.8) is 0 Å². The van der Waals surface area contributed by atoms with Crippen LogP contribution in [0.1, 0.15) is 18.9 Å². The van der Waals surface area contributed by atoms with Gasteiger partial charge in [-0.15, -0.1) is 0 Å². The Hall–Kier alpha value is -1.70. The molecule has 0 bridgehead atoms. The Balaban J connectivity index is 2.27. The highest BCUT2D eigenvalue weighted by molar-refractivity contribution is 5.59. The predicted molar refractivity (Wildman–Crippen MR) is 63.6 cm³/mol. The molecule has 0 saturated carbocycles. The van der Waals surface area contributed by atoms with E-state index in [9.17, 15) is 4.39 Å². The molecule has 0 atom stereocenters. The highest BCUT2D eigenvalue weighted by Crippen LogP contribution is 2.18. The molecule has 0 aliphatic carbocycles. The first kappa shape index (κ1) is 10.8. The summed E-state index contributed by atoms with van der Waals surface area (Å²) >= 11 is 0. The summed E-state index contributed by atoms with van der Waals surface area (Å²) in [6.07, 6.45) is 2.22. The van der Waals surface area contributed by atoms with Crippen LogP contribution in [0.15, 0.2) is 42.5 Å². The molecule has 0 radical (unpaired) electrons. The van der Waals surface area contributed by atoms with E-state index in [1.165, 1.54) is 11.6 Å². The maximum absolute atomic E-state index is 12.9. The van der Waals surface area contributed by atoms with Crippen LogP contribution in [0.3, 0.4) is 0 Å². The molecule has 1 heterocycles. The number of hydrogen-bond acceptors (Lipinski definition) is 1. The van der Waals surface area contributed by atoms with Crippen molar-refractivity contribution in [2.45, 2.75) is 19.8 Å². The Morgan fingerprint density at radius 2 is 1.81 bits per heavy atom. The molecule has 2 rings (SSSR count). The number of hydrogen-bond donors (Lipinski definition) is 0. The third kappa shape index (κ3) is 2.45. The predicted octanol–water partition coefficient (Wildman–Crippen LogP) is 3.84. The van der Waals surface area contributed by atoms with E-state index in [4.69, 9.17) is 0 Å². The van der Waals surface area contributed by atoms with Crippen LogP contribution in [0.5, 0.6) is 0 Å². The van der Waals surface area contributed by atoms with Gasteiger partial charge >= 0.3 is 0 Å². The Bertz CT molecular complexity index is 462. The zero-order valence-corrected chi connectivity index (χ0v) is 9.28. The zero-order valence-electron chi connectivity index (χ0n) is 9.28. The highest BCUT2D eigenvalue weighted by Gasteiger charge is 2.00. The summed E-state index contributed by atoms with van der Waals surface area (Å²) in [7, 11) is 0. The van der Waals surface area contributed by atoms with E-state index >= 15 is 0 Å². The number of benzene rings is 1. The van der Waals surface area contributed by atoms with Gasteiger partial charge in [0.15, 0.2) is 0 Å². The van der Waals surface area contributed by atoms with Gasteiger partial charge in [-0.25, -0.2) is 4.98 Å². The van der Waals surface area contributed by atoms with Crippen molar-refractivity contribution in [1.82, 2.24) is 4.98 Å². The number of aryl methyl sites for hydroxylation is 1. The summed E-state index contributed by atoms with van der Waals surface area (Å²) in [5.41, 5.74) is 2.95. The number of pyridine rings is 1. The third-order valence-electron chi connectivity index (χ3n) is 2.50. The van der Waals surface area contributed by atoms with Crippen molar-refractivity contribution >= 4 is 0 Å². The van der Waals surface area contributed by atoms with Crippen LogP contribution < -0.4 is 0 Å². The molecular weight excluding hydrogens is 201 g/mol. The lowest BCUT2D eigenvalue weighted by Gasteiger charge is -2.02. The van der Waals surface area contributed by atoms with Crippen LogP contribution in [-0.4, -0.2) is 4.98 Å². The Morgan fingerprint density at radius 1 is 1.06 bits per heavy atom. The molecule has 0 N–H and O–H groups in total. The number of halogens is 1. The molecule has 16 heavy (non-hydrogen) atoms. The number of nitrogens with zero attached hydrogens (tertiary/aromatic N) is 1. The molecule has 0 aliphatic rings. The molecule has 1 nitrogen and oxygen atoms in total. The Morgan fingerprint density at radius 3 is 2.44 bits per heavy atom. The van der Waals surface area contributed by atoms with Crippen molar-refractivity contribution in [2.24, 2.45) is 0 Å². The molecule has 0 amide bonds. The maximum Gasteiger partial charge on any atom is 0.213 e. The standard InChI is InChI=1S/C14H14FN/c1-2-4-11-7-9-12(10-8-11)13-5-3-6-14(15)16-13/h3,5-10H,2,4H2,1H3. The van der Waals surface area contributed by atoms with Gasteiger partial charge in [0.25, 0.3) is 0 Å². The van der Waals surface area contributed by atoms with Gasteiger partial charge in [-0.2, -0.15) is 4.39 Å². The number of aromatic nitrogens is 1. The van der Waals surface area contributed by atoms with E-state index in [1.807, 2.05) is 18.2 Å². The van der Waals surface area contributed by atoms with Gasteiger partial charge in [-0.1, -0.05) is 43.7 Å². The second-order valence-corrected chi connectivity index (χ2v) is 3.79. The summed E-state index contributed by atoms with van der Waals surface area (Å²) in [6, 6.07) is 13.0. The second-order valence-electron chi connectivity index (χ2n) is 3.79. The molecule has 0 fully saturated rings. The van der Waals surface area contributed by atoms with E-state index in [-0.39, 0.29) is 0 Å². The summed E-state index contributed by atoms with van der Waals surface area (Å²) in [5, 5.41) is 0. The molecule has 0 aliphatic heterocycles. The Kier molecular flexibility index (Phi) is 3.30. The topological polar surface area (TPSA) is 12.9 Å². The van der Waals surface area contributed by atoms with Crippen LogP contribution in [-0.2, 0) is 6.42 Å². The highest BCUT2D eigenvalue weighted by atomic mass is 19.1. The van der Waals surface area contributed by atoms with Crippen molar-refractivity contribution in [1.29, 1.82) is 0 Å². The van der Waals surface area contributed by atoms with Crippen LogP contribution in [0, 0.1) is 5.95 Å².